The van der Waals surface area contributed by atoms with Gasteiger partial charge in [-0.15, -0.1) is 11.3 Å². The van der Waals surface area contributed by atoms with Gasteiger partial charge in [0.25, 0.3) is 0 Å². The van der Waals surface area contributed by atoms with Gasteiger partial charge in [-0.05, 0) is 31.2 Å². The second-order valence-electron chi connectivity index (χ2n) is 6.08. The molecular formula is C17H19N5OS. The number of amides is 1. The third kappa shape index (κ3) is 2.87. The molecule has 0 spiro atoms. The Morgan fingerprint density at radius 1 is 1.46 bits per heavy atom. The summed E-state index contributed by atoms with van der Waals surface area (Å²) in [6.45, 7) is 3.13. The Morgan fingerprint density at radius 3 is 3.21 bits per heavy atom. The first-order chi connectivity index (χ1) is 11.7. The van der Waals surface area contributed by atoms with Gasteiger partial charge in [0, 0.05) is 18.4 Å². The van der Waals surface area contributed by atoms with E-state index in [2.05, 4.69) is 24.8 Å². The largest absolute Gasteiger partial charge is 0.349 e. The number of hydrogen-bond acceptors (Lipinski definition) is 4. The molecule has 1 aliphatic rings. The second kappa shape index (κ2) is 6.24. The third-order valence-electron chi connectivity index (χ3n) is 4.51. The number of fused-ring (bicyclic) bond motifs is 1. The highest BCUT2D eigenvalue weighted by Gasteiger charge is 2.25. The van der Waals surface area contributed by atoms with Crippen molar-refractivity contribution in [3.63, 3.8) is 0 Å². The maximum absolute atomic E-state index is 12.5. The molecule has 0 saturated carbocycles. The summed E-state index contributed by atoms with van der Waals surface area (Å²) in [6, 6.07) is 4.06. The van der Waals surface area contributed by atoms with Gasteiger partial charge in [-0.2, -0.15) is 0 Å². The predicted molar refractivity (Wildman–Crippen MR) is 92.5 cm³/mol. The molecule has 3 aromatic heterocycles. The van der Waals surface area contributed by atoms with E-state index < -0.39 is 0 Å². The Labute approximate surface area is 144 Å². The molecule has 3 aromatic rings. The molecule has 1 atom stereocenters. The van der Waals surface area contributed by atoms with E-state index in [9.17, 15) is 4.79 Å². The molecule has 0 aromatic carbocycles. The standard InChI is InChI=1S/C17H19N5OS/c1-11-18-7-13-5-4-12(10-22(11)13)17(23)20-9-16-19-8-14(21-16)15-3-2-6-24-15/h2-3,6-8,12H,4-5,9-10H2,1H3,(H,19,21)(H,20,23). The van der Waals surface area contributed by atoms with Crippen molar-refractivity contribution in [2.45, 2.75) is 32.9 Å². The highest BCUT2D eigenvalue weighted by Crippen LogP contribution is 2.23. The average Bonchev–Trinajstić information content (AvgIpc) is 3.33. The zero-order valence-electron chi connectivity index (χ0n) is 13.5. The van der Waals surface area contributed by atoms with Crippen LogP contribution < -0.4 is 5.32 Å². The fraction of sp³-hybridized carbons (Fsp3) is 0.353. The van der Waals surface area contributed by atoms with Crippen molar-refractivity contribution in [1.82, 2.24) is 24.8 Å². The third-order valence-corrected chi connectivity index (χ3v) is 5.41. The van der Waals surface area contributed by atoms with Crippen LogP contribution in [0.25, 0.3) is 10.6 Å². The maximum atomic E-state index is 12.5. The minimum absolute atomic E-state index is 0.00266. The van der Waals surface area contributed by atoms with Crippen LogP contribution in [0.1, 0.15) is 23.8 Å². The van der Waals surface area contributed by atoms with E-state index in [0.29, 0.717) is 13.1 Å². The summed E-state index contributed by atoms with van der Waals surface area (Å²) >= 11 is 1.66. The number of aromatic amines is 1. The quantitative estimate of drug-likeness (QED) is 0.766. The van der Waals surface area contributed by atoms with Crippen LogP contribution in [0.2, 0.25) is 0 Å². The van der Waals surface area contributed by atoms with Gasteiger partial charge >= 0.3 is 0 Å². The van der Waals surface area contributed by atoms with Crippen LogP contribution in [0.3, 0.4) is 0 Å². The van der Waals surface area contributed by atoms with Crippen molar-refractivity contribution in [1.29, 1.82) is 0 Å². The molecule has 7 heteroatoms. The zero-order valence-corrected chi connectivity index (χ0v) is 14.3. The Bertz CT molecular complexity index is 848. The van der Waals surface area contributed by atoms with Gasteiger partial charge < -0.3 is 14.9 Å². The summed E-state index contributed by atoms with van der Waals surface area (Å²) in [5.41, 5.74) is 2.22. The van der Waals surface area contributed by atoms with E-state index in [1.807, 2.05) is 36.8 Å². The number of nitrogens with zero attached hydrogens (tertiary/aromatic N) is 3. The highest BCUT2D eigenvalue weighted by atomic mass is 32.1. The van der Waals surface area contributed by atoms with Crippen molar-refractivity contribution in [3.05, 3.63) is 47.2 Å². The SMILES string of the molecule is Cc1ncc2n1CC(C(=O)NCc1ncc(-c3cccs3)[nH]1)CC2. The lowest BCUT2D eigenvalue weighted by Gasteiger charge is -2.24. The zero-order chi connectivity index (χ0) is 16.5. The number of hydrogen-bond donors (Lipinski definition) is 2. The van der Waals surface area contributed by atoms with E-state index >= 15 is 0 Å². The van der Waals surface area contributed by atoms with Gasteiger partial charge in [-0.25, -0.2) is 9.97 Å². The first kappa shape index (κ1) is 15.1. The minimum Gasteiger partial charge on any atom is -0.349 e. The van der Waals surface area contributed by atoms with Crippen LogP contribution >= 0.6 is 11.3 Å². The molecule has 0 aliphatic carbocycles. The average molecular weight is 341 g/mol. The normalized spacial score (nSPS) is 16.8. The lowest BCUT2D eigenvalue weighted by molar-refractivity contribution is -0.126. The second-order valence-corrected chi connectivity index (χ2v) is 7.03. The maximum Gasteiger partial charge on any atom is 0.225 e. The fourth-order valence-corrected chi connectivity index (χ4v) is 3.83. The molecule has 1 unspecified atom stereocenters. The molecule has 124 valence electrons. The summed E-state index contributed by atoms with van der Waals surface area (Å²) in [5.74, 6) is 1.84. The Hall–Kier alpha value is -2.41. The molecule has 24 heavy (non-hydrogen) atoms. The van der Waals surface area contributed by atoms with Gasteiger partial charge in [0.05, 0.1) is 29.2 Å². The van der Waals surface area contributed by atoms with Crippen LogP contribution in [0.5, 0.6) is 0 Å². The number of aryl methyl sites for hydroxylation is 2. The van der Waals surface area contributed by atoms with Crippen LogP contribution in [-0.2, 0) is 24.3 Å². The van der Waals surface area contributed by atoms with Crippen molar-refractivity contribution < 1.29 is 4.79 Å². The van der Waals surface area contributed by atoms with E-state index in [1.165, 1.54) is 5.69 Å². The monoisotopic (exact) mass is 341 g/mol. The lowest BCUT2D eigenvalue weighted by atomic mass is 9.97. The molecule has 4 rings (SSSR count). The molecule has 0 bridgehead atoms. The smallest absolute Gasteiger partial charge is 0.225 e. The Kier molecular flexibility index (Phi) is 3.93. The minimum atomic E-state index is -0.00266. The van der Waals surface area contributed by atoms with Crippen LogP contribution in [0.15, 0.2) is 29.9 Å². The number of carbonyl (C=O) groups excluding carboxylic acids is 1. The van der Waals surface area contributed by atoms with Gasteiger partial charge in [-0.1, -0.05) is 6.07 Å². The summed E-state index contributed by atoms with van der Waals surface area (Å²) in [5, 5.41) is 5.04. The van der Waals surface area contributed by atoms with Crippen molar-refractivity contribution in [3.8, 4) is 10.6 Å². The number of aromatic nitrogens is 4. The van der Waals surface area contributed by atoms with E-state index in [4.69, 9.17) is 0 Å². The summed E-state index contributed by atoms with van der Waals surface area (Å²) in [6.07, 6.45) is 5.51. The number of rotatable bonds is 4. The van der Waals surface area contributed by atoms with Crippen molar-refractivity contribution in [2.75, 3.05) is 0 Å². The van der Waals surface area contributed by atoms with E-state index in [1.54, 1.807) is 11.3 Å². The molecule has 6 nitrogen and oxygen atoms in total. The first-order valence-electron chi connectivity index (χ1n) is 8.07. The lowest BCUT2D eigenvalue weighted by Crippen LogP contribution is -2.36. The predicted octanol–water partition coefficient (Wildman–Crippen LogP) is 2.52. The molecule has 2 N–H and O–H groups in total. The van der Waals surface area contributed by atoms with Crippen molar-refractivity contribution >= 4 is 17.2 Å². The fourth-order valence-electron chi connectivity index (χ4n) is 3.14. The molecule has 1 aliphatic heterocycles. The summed E-state index contributed by atoms with van der Waals surface area (Å²) < 4.78 is 2.15. The van der Waals surface area contributed by atoms with Crippen molar-refractivity contribution in [2.24, 2.45) is 5.92 Å². The van der Waals surface area contributed by atoms with Crippen LogP contribution in [-0.4, -0.2) is 25.4 Å². The molecule has 4 heterocycles. The van der Waals surface area contributed by atoms with Gasteiger partial charge in [0.1, 0.15) is 11.6 Å². The summed E-state index contributed by atoms with van der Waals surface area (Å²) in [4.78, 5) is 25.6. The van der Waals surface area contributed by atoms with Gasteiger partial charge in [-0.3, -0.25) is 4.79 Å². The first-order valence-corrected chi connectivity index (χ1v) is 8.95. The van der Waals surface area contributed by atoms with Gasteiger partial charge in [0.2, 0.25) is 5.91 Å². The molecule has 1 amide bonds. The van der Waals surface area contributed by atoms with E-state index in [-0.39, 0.29) is 11.8 Å². The van der Waals surface area contributed by atoms with E-state index in [0.717, 1.165) is 35.1 Å². The molecule has 0 saturated heterocycles. The topological polar surface area (TPSA) is 75.6 Å². The Morgan fingerprint density at radius 2 is 2.38 bits per heavy atom. The Balaban J connectivity index is 1.36. The number of H-pyrrole nitrogens is 1. The number of thiophene rings is 1. The summed E-state index contributed by atoms with van der Waals surface area (Å²) in [7, 11) is 0. The number of carbonyl (C=O) groups is 1. The highest BCUT2D eigenvalue weighted by molar-refractivity contribution is 7.13. The number of imidazole rings is 2. The van der Waals surface area contributed by atoms with Crippen LogP contribution in [0.4, 0.5) is 0 Å². The number of nitrogens with one attached hydrogen (secondary N) is 2. The van der Waals surface area contributed by atoms with Crippen LogP contribution in [0, 0.1) is 12.8 Å². The molecule has 0 fully saturated rings. The molecule has 0 radical (unpaired) electrons. The van der Waals surface area contributed by atoms with Gasteiger partial charge in [0.15, 0.2) is 0 Å². The molecular weight excluding hydrogens is 322 g/mol.